The van der Waals surface area contributed by atoms with Crippen LogP contribution in [0.4, 0.5) is 0 Å². The average molecular weight is 322 g/mol. The topological polar surface area (TPSA) is 29.9 Å². The summed E-state index contributed by atoms with van der Waals surface area (Å²) < 4.78 is 3.14. The van der Waals surface area contributed by atoms with E-state index in [-0.39, 0.29) is 0 Å². The van der Waals surface area contributed by atoms with Crippen molar-refractivity contribution in [1.29, 1.82) is 0 Å². The zero-order valence-electron chi connectivity index (χ0n) is 11.9. The Hall–Kier alpha value is -1.13. The third-order valence-corrected chi connectivity index (χ3v) is 3.98. The zero-order valence-corrected chi connectivity index (χ0v) is 13.5. The van der Waals surface area contributed by atoms with E-state index >= 15 is 0 Å². The minimum absolute atomic E-state index is 0.850. The molecule has 0 fully saturated rings. The molecule has 4 heteroatoms. The Morgan fingerprint density at radius 1 is 1.26 bits per heavy atom. The summed E-state index contributed by atoms with van der Waals surface area (Å²) in [4.78, 5) is 0. The van der Waals surface area contributed by atoms with Gasteiger partial charge in [0.25, 0.3) is 0 Å². The maximum Gasteiger partial charge on any atom is 0.0694 e. The Morgan fingerprint density at radius 2 is 2.00 bits per heavy atom. The molecule has 2 aromatic rings. The highest BCUT2D eigenvalue weighted by Crippen LogP contribution is 2.23. The second-order valence-corrected chi connectivity index (χ2v) is 5.68. The second kappa shape index (κ2) is 5.88. The molecule has 0 bridgehead atoms. The highest BCUT2D eigenvalue weighted by Gasteiger charge is 2.12. The summed E-state index contributed by atoms with van der Waals surface area (Å²) in [7, 11) is 0. The van der Waals surface area contributed by atoms with Gasteiger partial charge in [0.2, 0.25) is 0 Å². The molecule has 1 aromatic heterocycles. The molecule has 1 heterocycles. The molecular weight excluding hydrogens is 302 g/mol. The van der Waals surface area contributed by atoms with E-state index in [4.69, 9.17) is 0 Å². The molecule has 1 N–H and O–H groups in total. The van der Waals surface area contributed by atoms with Gasteiger partial charge in [-0.2, -0.15) is 5.10 Å². The SMILES string of the molecule is CCNCc1cc(Br)ccc1-n1nc(C)c(C)c1C. The van der Waals surface area contributed by atoms with E-state index in [1.807, 2.05) is 4.68 Å². The molecule has 0 amide bonds. The van der Waals surface area contributed by atoms with E-state index in [1.165, 1.54) is 16.8 Å². The van der Waals surface area contributed by atoms with Crippen LogP contribution in [0.3, 0.4) is 0 Å². The maximum absolute atomic E-state index is 4.65. The summed E-state index contributed by atoms with van der Waals surface area (Å²) >= 11 is 3.54. The fraction of sp³-hybridized carbons (Fsp3) is 0.400. The number of nitrogens with one attached hydrogen (secondary N) is 1. The highest BCUT2D eigenvalue weighted by molar-refractivity contribution is 9.10. The molecule has 102 valence electrons. The fourth-order valence-corrected chi connectivity index (χ4v) is 2.53. The van der Waals surface area contributed by atoms with Crippen LogP contribution in [-0.4, -0.2) is 16.3 Å². The molecule has 0 spiro atoms. The summed E-state index contributed by atoms with van der Waals surface area (Å²) in [6.07, 6.45) is 0. The number of hydrogen-bond acceptors (Lipinski definition) is 2. The summed E-state index contributed by atoms with van der Waals surface area (Å²) in [6, 6.07) is 6.34. The van der Waals surface area contributed by atoms with E-state index in [9.17, 15) is 0 Å². The van der Waals surface area contributed by atoms with Crippen LogP contribution in [0.15, 0.2) is 22.7 Å². The Morgan fingerprint density at radius 3 is 2.58 bits per heavy atom. The van der Waals surface area contributed by atoms with Crippen LogP contribution in [0.5, 0.6) is 0 Å². The molecule has 3 nitrogen and oxygen atoms in total. The molecule has 0 saturated heterocycles. The van der Waals surface area contributed by atoms with Crippen molar-refractivity contribution in [2.75, 3.05) is 6.54 Å². The van der Waals surface area contributed by atoms with Gasteiger partial charge in [-0.05, 0) is 56.6 Å². The van der Waals surface area contributed by atoms with Crippen LogP contribution in [-0.2, 0) is 6.54 Å². The average Bonchev–Trinajstić information content (AvgIpc) is 2.64. The molecule has 1 aromatic carbocycles. The number of benzene rings is 1. The van der Waals surface area contributed by atoms with Gasteiger partial charge in [0.1, 0.15) is 0 Å². The van der Waals surface area contributed by atoms with Crippen molar-refractivity contribution < 1.29 is 0 Å². The smallest absolute Gasteiger partial charge is 0.0694 e. The van der Waals surface area contributed by atoms with Crippen molar-refractivity contribution in [3.63, 3.8) is 0 Å². The summed E-state index contributed by atoms with van der Waals surface area (Å²) in [5, 5.41) is 8.03. The number of rotatable bonds is 4. The van der Waals surface area contributed by atoms with E-state index < -0.39 is 0 Å². The molecule has 2 rings (SSSR count). The minimum atomic E-state index is 0.850. The van der Waals surface area contributed by atoms with Crippen molar-refractivity contribution in [3.05, 3.63) is 45.2 Å². The molecule has 0 aliphatic rings. The molecule has 0 atom stereocenters. The van der Waals surface area contributed by atoms with Crippen molar-refractivity contribution in [2.45, 2.75) is 34.2 Å². The molecule has 0 aliphatic carbocycles. The van der Waals surface area contributed by atoms with Crippen LogP contribution < -0.4 is 5.32 Å². The van der Waals surface area contributed by atoms with Crippen LogP contribution >= 0.6 is 15.9 Å². The highest BCUT2D eigenvalue weighted by atomic mass is 79.9. The molecule has 19 heavy (non-hydrogen) atoms. The van der Waals surface area contributed by atoms with E-state index in [1.54, 1.807) is 0 Å². The Labute approximate surface area is 123 Å². The van der Waals surface area contributed by atoms with Gasteiger partial charge in [0, 0.05) is 16.7 Å². The van der Waals surface area contributed by atoms with Gasteiger partial charge in [-0.15, -0.1) is 0 Å². The van der Waals surface area contributed by atoms with E-state index in [0.717, 1.165) is 28.9 Å². The molecule has 0 aliphatic heterocycles. The van der Waals surface area contributed by atoms with Crippen LogP contribution in [0.1, 0.15) is 29.4 Å². The lowest BCUT2D eigenvalue weighted by Gasteiger charge is -2.12. The monoisotopic (exact) mass is 321 g/mol. The Balaban J connectivity index is 2.51. The first-order chi connectivity index (χ1) is 9.04. The summed E-state index contributed by atoms with van der Waals surface area (Å²) in [5.41, 5.74) is 5.96. The van der Waals surface area contributed by atoms with Gasteiger partial charge in [-0.3, -0.25) is 0 Å². The van der Waals surface area contributed by atoms with E-state index in [0.29, 0.717) is 0 Å². The molecular formula is C15H20BrN3. The van der Waals surface area contributed by atoms with Gasteiger partial charge in [-0.25, -0.2) is 4.68 Å². The number of halogens is 1. The van der Waals surface area contributed by atoms with Crippen LogP contribution in [0.25, 0.3) is 5.69 Å². The largest absolute Gasteiger partial charge is 0.313 e. The first-order valence-electron chi connectivity index (χ1n) is 6.57. The first kappa shape index (κ1) is 14.3. The Bertz CT molecular complexity index is 587. The van der Waals surface area contributed by atoms with Gasteiger partial charge >= 0.3 is 0 Å². The van der Waals surface area contributed by atoms with Gasteiger partial charge in [-0.1, -0.05) is 22.9 Å². The van der Waals surface area contributed by atoms with E-state index in [2.05, 4.69) is 72.2 Å². The summed E-state index contributed by atoms with van der Waals surface area (Å²) in [5.74, 6) is 0. The third-order valence-electron chi connectivity index (χ3n) is 3.49. The third kappa shape index (κ3) is 2.90. The van der Waals surface area contributed by atoms with Gasteiger partial charge in [0.15, 0.2) is 0 Å². The zero-order chi connectivity index (χ0) is 14.0. The number of aromatic nitrogens is 2. The summed E-state index contributed by atoms with van der Waals surface area (Å²) in [6.45, 7) is 10.2. The van der Waals surface area contributed by atoms with Crippen molar-refractivity contribution in [2.24, 2.45) is 0 Å². The standard InChI is InChI=1S/C15H20BrN3/c1-5-17-9-13-8-14(16)6-7-15(13)19-12(4)10(2)11(3)18-19/h6-8,17H,5,9H2,1-4H3. The van der Waals surface area contributed by atoms with Crippen molar-refractivity contribution >= 4 is 15.9 Å². The van der Waals surface area contributed by atoms with Crippen molar-refractivity contribution in [1.82, 2.24) is 15.1 Å². The Kier molecular flexibility index (Phi) is 4.42. The van der Waals surface area contributed by atoms with Crippen LogP contribution in [0.2, 0.25) is 0 Å². The predicted molar refractivity (Wildman–Crippen MR) is 82.9 cm³/mol. The number of hydrogen-bond donors (Lipinski definition) is 1. The fourth-order valence-electron chi connectivity index (χ4n) is 2.12. The number of aryl methyl sites for hydroxylation is 1. The maximum atomic E-state index is 4.65. The van der Waals surface area contributed by atoms with Crippen LogP contribution in [0, 0.1) is 20.8 Å². The lowest BCUT2D eigenvalue weighted by molar-refractivity contribution is 0.713. The molecule has 0 unspecified atom stereocenters. The quantitative estimate of drug-likeness (QED) is 0.931. The molecule has 0 saturated carbocycles. The predicted octanol–water partition coefficient (Wildman–Crippen LogP) is 3.67. The normalized spacial score (nSPS) is 11.0. The molecule has 0 radical (unpaired) electrons. The second-order valence-electron chi connectivity index (χ2n) is 4.76. The van der Waals surface area contributed by atoms with Gasteiger partial charge < -0.3 is 5.32 Å². The minimum Gasteiger partial charge on any atom is -0.313 e. The van der Waals surface area contributed by atoms with Gasteiger partial charge in [0.05, 0.1) is 11.4 Å². The lowest BCUT2D eigenvalue weighted by atomic mass is 10.1. The lowest BCUT2D eigenvalue weighted by Crippen LogP contribution is -2.14. The number of nitrogens with zero attached hydrogens (tertiary/aromatic N) is 2. The first-order valence-corrected chi connectivity index (χ1v) is 7.36. The van der Waals surface area contributed by atoms with Crippen molar-refractivity contribution in [3.8, 4) is 5.69 Å².